The average Bonchev–Trinajstić information content (AvgIpc) is 2.48. The van der Waals surface area contributed by atoms with Crippen molar-refractivity contribution in [1.29, 1.82) is 0 Å². The summed E-state index contributed by atoms with van der Waals surface area (Å²) in [5.41, 5.74) is 0. The van der Waals surface area contributed by atoms with Crippen molar-refractivity contribution in [2.75, 3.05) is 6.61 Å². The fraction of sp³-hybridized carbons (Fsp3) is 0.333. The van der Waals surface area contributed by atoms with Gasteiger partial charge < -0.3 is 9.84 Å². The van der Waals surface area contributed by atoms with Gasteiger partial charge in [-0.15, -0.1) is 5.10 Å². The summed E-state index contributed by atoms with van der Waals surface area (Å²) in [6.45, 7) is -0.349. The normalized spacial score (nSPS) is 9.75. The molecule has 1 heterocycles. The highest BCUT2D eigenvalue weighted by molar-refractivity contribution is 14.1. The number of halogens is 1. The molecule has 0 saturated carbocycles. The van der Waals surface area contributed by atoms with Gasteiger partial charge in [-0.3, -0.25) is 4.68 Å². The van der Waals surface area contributed by atoms with Crippen LogP contribution in [0.5, 0.6) is 5.88 Å². The van der Waals surface area contributed by atoms with E-state index in [9.17, 15) is 4.79 Å². The molecule has 1 rings (SSSR count). The molecule has 0 aromatic carbocycles. The molecule has 5 nitrogen and oxygen atoms in total. The first-order valence-corrected chi connectivity index (χ1v) is 4.69. The second-order valence-electron chi connectivity index (χ2n) is 2.00. The predicted octanol–water partition coefficient (Wildman–Crippen LogP) is 0.739. The lowest BCUT2D eigenvalue weighted by Crippen LogP contribution is -2.09. The first kappa shape index (κ1) is 9.30. The van der Waals surface area contributed by atoms with E-state index in [2.05, 4.69) is 27.7 Å². The van der Waals surface area contributed by atoms with Crippen molar-refractivity contribution < 1.29 is 14.6 Å². The van der Waals surface area contributed by atoms with Gasteiger partial charge >= 0.3 is 5.97 Å². The molecule has 0 unspecified atom stereocenters. The van der Waals surface area contributed by atoms with E-state index in [0.717, 1.165) is 0 Å². The van der Waals surface area contributed by atoms with Gasteiger partial charge in [0.05, 0.1) is 4.55 Å². The quantitative estimate of drug-likeness (QED) is 0.653. The maximum Gasteiger partial charge on any atom is 0.341 e. The second kappa shape index (κ2) is 4.29. The predicted molar refractivity (Wildman–Crippen MR) is 49.4 cm³/mol. The lowest BCUT2D eigenvalue weighted by molar-refractivity contribution is -0.139. The number of alkyl halides is 1. The summed E-state index contributed by atoms with van der Waals surface area (Å²) in [6.07, 6.45) is 1.73. The Morgan fingerprint density at radius 1 is 1.83 bits per heavy atom. The highest BCUT2D eigenvalue weighted by atomic mass is 127. The minimum absolute atomic E-state index is 0.342. The van der Waals surface area contributed by atoms with Crippen LogP contribution in [-0.4, -0.2) is 27.5 Å². The number of hydrogen-bond donors (Lipinski definition) is 1. The van der Waals surface area contributed by atoms with Crippen LogP contribution in [0.15, 0.2) is 12.3 Å². The maximum absolute atomic E-state index is 10.1. The molecular formula is C6H7IN2O3. The highest BCUT2D eigenvalue weighted by Crippen LogP contribution is 2.06. The second-order valence-corrected chi connectivity index (χ2v) is 2.68. The molecule has 12 heavy (non-hydrogen) atoms. The Hall–Kier alpha value is -0.790. The maximum atomic E-state index is 10.1. The Morgan fingerprint density at radius 2 is 2.58 bits per heavy atom. The molecule has 0 atom stereocenters. The summed E-state index contributed by atoms with van der Waals surface area (Å²) in [7, 11) is 0. The molecule has 0 aliphatic heterocycles. The fourth-order valence-electron chi connectivity index (χ4n) is 0.622. The zero-order valence-electron chi connectivity index (χ0n) is 6.11. The van der Waals surface area contributed by atoms with E-state index in [-0.39, 0.29) is 6.61 Å². The number of nitrogens with zero attached hydrogens (tertiary/aromatic N) is 2. The molecule has 66 valence electrons. The molecule has 1 aromatic heterocycles. The van der Waals surface area contributed by atoms with Crippen molar-refractivity contribution in [1.82, 2.24) is 9.78 Å². The van der Waals surface area contributed by atoms with Gasteiger partial charge in [0.15, 0.2) is 6.61 Å². The molecule has 0 fully saturated rings. The van der Waals surface area contributed by atoms with Crippen molar-refractivity contribution in [2.24, 2.45) is 0 Å². The van der Waals surface area contributed by atoms with Crippen molar-refractivity contribution in [3.05, 3.63) is 12.3 Å². The number of carboxylic acids is 1. The molecule has 0 aliphatic rings. The topological polar surface area (TPSA) is 64.3 Å². The van der Waals surface area contributed by atoms with Gasteiger partial charge in [-0.25, -0.2) is 4.79 Å². The smallest absolute Gasteiger partial charge is 0.341 e. The van der Waals surface area contributed by atoms with E-state index in [0.29, 0.717) is 10.4 Å². The summed E-state index contributed by atoms with van der Waals surface area (Å²) in [5.74, 6) is -0.659. The number of aromatic nitrogens is 2. The van der Waals surface area contributed by atoms with Gasteiger partial charge in [0.1, 0.15) is 0 Å². The Labute approximate surface area is 82.5 Å². The number of ether oxygens (including phenoxy) is 1. The van der Waals surface area contributed by atoms with Crippen LogP contribution >= 0.6 is 22.6 Å². The van der Waals surface area contributed by atoms with Gasteiger partial charge in [0, 0.05) is 12.3 Å². The highest BCUT2D eigenvalue weighted by Gasteiger charge is 2.01. The number of rotatable bonds is 4. The summed E-state index contributed by atoms with van der Waals surface area (Å²) in [4.78, 5) is 10.1. The fourth-order valence-corrected chi connectivity index (χ4v) is 1.00. The largest absolute Gasteiger partial charge is 0.479 e. The number of carboxylic acid groups (broad SMARTS) is 1. The average molecular weight is 282 g/mol. The number of aliphatic carboxylic acids is 1. The number of carbonyl (C=O) groups is 1. The van der Waals surface area contributed by atoms with Gasteiger partial charge in [-0.2, -0.15) is 0 Å². The molecule has 0 radical (unpaired) electrons. The number of hydrogen-bond acceptors (Lipinski definition) is 3. The minimum Gasteiger partial charge on any atom is -0.479 e. The van der Waals surface area contributed by atoms with Crippen LogP contribution in [0.2, 0.25) is 0 Å². The first-order valence-electron chi connectivity index (χ1n) is 3.16. The van der Waals surface area contributed by atoms with Crippen LogP contribution in [0.4, 0.5) is 0 Å². The van der Waals surface area contributed by atoms with Gasteiger partial charge in [-0.05, 0) is 0 Å². The Kier molecular flexibility index (Phi) is 3.32. The zero-order chi connectivity index (χ0) is 8.97. The van der Waals surface area contributed by atoms with E-state index in [1.165, 1.54) is 0 Å². The van der Waals surface area contributed by atoms with E-state index in [1.54, 1.807) is 16.9 Å². The molecule has 0 bridgehead atoms. The SMILES string of the molecule is O=C(O)COc1ccn(CI)n1. The Bertz CT molecular complexity index is 274. The monoisotopic (exact) mass is 282 g/mol. The minimum atomic E-state index is -1.00. The summed E-state index contributed by atoms with van der Waals surface area (Å²) < 4.78 is 7.18. The molecule has 1 N–H and O–H groups in total. The van der Waals surface area contributed by atoms with Crippen LogP contribution in [0.1, 0.15) is 0 Å². The van der Waals surface area contributed by atoms with Crippen LogP contribution < -0.4 is 4.74 Å². The molecule has 0 amide bonds. The molecule has 6 heteroatoms. The third kappa shape index (κ3) is 2.68. The first-order chi connectivity index (χ1) is 5.72. The van der Waals surface area contributed by atoms with Crippen LogP contribution in [0.25, 0.3) is 0 Å². The summed E-state index contributed by atoms with van der Waals surface area (Å²) >= 11 is 2.14. The molecule has 0 aliphatic carbocycles. The standard InChI is InChI=1S/C6H7IN2O3/c7-4-9-2-1-5(8-9)12-3-6(10)11/h1-2H,3-4H2,(H,10,11). The lowest BCUT2D eigenvalue weighted by atomic mass is 10.7. The van der Waals surface area contributed by atoms with Crippen molar-refractivity contribution in [2.45, 2.75) is 4.55 Å². The van der Waals surface area contributed by atoms with E-state index in [4.69, 9.17) is 9.84 Å². The van der Waals surface area contributed by atoms with Crippen LogP contribution in [-0.2, 0) is 9.35 Å². The summed E-state index contributed by atoms with van der Waals surface area (Å²) in [5, 5.41) is 12.2. The molecule has 0 saturated heterocycles. The molecule has 0 spiro atoms. The van der Waals surface area contributed by atoms with Gasteiger partial charge in [-0.1, -0.05) is 22.6 Å². The van der Waals surface area contributed by atoms with Crippen molar-refractivity contribution in [3.8, 4) is 5.88 Å². The third-order valence-electron chi connectivity index (χ3n) is 1.08. The Morgan fingerprint density at radius 3 is 3.08 bits per heavy atom. The van der Waals surface area contributed by atoms with E-state index >= 15 is 0 Å². The lowest BCUT2D eigenvalue weighted by Gasteiger charge is -1.96. The molecule has 1 aromatic rings. The third-order valence-corrected chi connectivity index (χ3v) is 1.78. The van der Waals surface area contributed by atoms with Crippen molar-refractivity contribution in [3.63, 3.8) is 0 Å². The van der Waals surface area contributed by atoms with Crippen molar-refractivity contribution >= 4 is 28.6 Å². The van der Waals surface area contributed by atoms with Crippen LogP contribution in [0, 0.1) is 0 Å². The molecular weight excluding hydrogens is 275 g/mol. The summed E-state index contributed by atoms with van der Waals surface area (Å²) in [6, 6.07) is 1.63. The van der Waals surface area contributed by atoms with E-state index < -0.39 is 5.97 Å². The Balaban J connectivity index is 2.47. The zero-order valence-corrected chi connectivity index (χ0v) is 8.26. The van der Waals surface area contributed by atoms with Gasteiger partial charge in [0.2, 0.25) is 5.88 Å². The van der Waals surface area contributed by atoms with E-state index in [1.807, 2.05) is 0 Å². The van der Waals surface area contributed by atoms with Gasteiger partial charge in [0.25, 0.3) is 0 Å². The van der Waals surface area contributed by atoms with Crippen LogP contribution in [0.3, 0.4) is 0 Å².